The molecule has 0 radical (unpaired) electrons. The molecule has 0 aliphatic heterocycles. The van der Waals surface area contributed by atoms with Crippen molar-refractivity contribution in [3.8, 4) is 0 Å². The van der Waals surface area contributed by atoms with Gasteiger partial charge in [-0.3, -0.25) is 14.9 Å². The van der Waals surface area contributed by atoms with E-state index >= 15 is 0 Å². The van der Waals surface area contributed by atoms with Crippen LogP contribution in [0.25, 0.3) is 0 Å². The molecule has 0 bridgehead atoms. The molecular weight excluding hydrogens is 295 g/mol. The van der Waals surface area contributed by atoms with Crippen LogP contribution in [0, 0.1) is 10.1 Å². The second kappa shape index (κ2) is 6.70. The average Bonchev–Trinajstić information content (AvgIpc) is 2.29. The number of carboxylic acids is 1. The topological polar surface area (TPSA) is 92.5 Å². The van der Waals surface area contributed by atoms with E-state index in [1.807, 2.05) is 0 Å². The summed E-state index contributed by atoms with van der Waals surface area (Å²) in [6.07, 6.45) is 0.236. The number of nitrogens with one attached hydrogen (secondary N) is 1. The molecule has 1 aromatic rings. The Morgan fingerprint density at radius 1 is 1.53 bits per heavy atom. The third-order valence-corrected chi connectivity index (χ3v) is 3.00. The summed E-state index contributed by atoms with van der Waals surface area (Å²) < 4.78 is 0. The summed E-state index contributed by atoms with van der Waals surface area (Å²) in [5.74, 6) is -0.997. The first-order valence-corrected chi connectivity index (χ1v) is 6.14. The number of nitro benzene ring substituents is 1. The standard InChI is InChI=1S/C11H12Cl2N2O4/c1-6(14-5-11(16)17)2-8-9(13)3-7(12)4-10(8)15(18)19/h3-4,6,14H,2,5H2,1H3,(H,16,17). The molecule has 1 atom stereocenters. The Hall–Kier alpha value is -1.37. The largest absolute Gasteiger partial charge is 0.480 e. The minimum atomic E-state index is -0.997. The number of nitro groups is 1. The first kappa shape index (κ1) is 15.7. The number of hydrogen-bond donors (Lipinski definition) is 2. The van der Waals surface area contributed by atoms with Crippen molar-refractivity contribution >= 4 is 34.9 Å². The van der Waals surface area contributed by atoms with E-state index in [9.17, 15) is 14.9 Å². The molecule has 19 heavy (non-hydrogen) atoms. The van der Waals surface area contributed by atoms with Crippen molar-refractivity contribution in [2.24, 2.45) is 0 Å². The second-order valence-corrected chi connectivity index (χ2v) is 4.87. The highest BCUT2D eigenvalue weighted by molar-refractivity contribution is 6.35. The monoisotopic (exact) mass is 306 g/mol. The Kier molecular flexibility index (Phi) is 5.53. The van der Waals surface area contributed by atoms with Crippen molar-refractivity contribution in [1.29, 1.82) is 0 Å². The number of nitrogens with zero attached hydrogens (tertiary/aromatic N) is 1. The first-order chi connectivity index (χ1) is 8.81. The maximum absolute atomic E-state index is 10.9. The van der Waals surface area contributed by atoms with Gasteiger partial charge in [-0.15, -0.1) is 0 Å². The highest BCUT2D eigenvalue weighted by Gasteiger charge is 2.20. The first-order valence-electron chi connectivity index (χ1n) is 5.38. The molecule has 6 nitrogen and oxygen atoms in total. The third kappa shape index (κ3) is 4.66. The van der Waals surface area contributed by atoms with E-state index in [-0.39, 0.29) is 34.7 Å². The Morgan fingerprint density at radius 3 is 2.68 bits per heavy atom. The Bertz CT molecular complexity index is 508. The number of aliphatic carboxylic acids is 1. The van der Waals surface area contributed by atoms with E-state index in [0.717, 1.165) is 0 Å². The molecule has 0 fully saturated rings. The Balaban J connectivity index is 2.93. The summed E-state index contributed by atoms with van der Waals surface area (Å²) in [4.78, 5) is 20.8. The Morgan fingerprint density at radius 2 is 2.16 bits per heavy atom. The lowest BCUT2D eigenvalue weighted by Gasteiger charge is -2.13. The molecule has 0 aliphatic carbocycles. The summed E-state index contributed by atoms with van der Waals surface area (Å²) in [6.45, 7) is 1.50. The van der Waals surface area contributed by atoms with Gasteiger partial charge >= 0.3 is 5.97 Å². The van der Waals surface area contributed by atoms with Crippen LogP contribution >= 0.6 is 23.2 Å². The molecule has 0 saturated heterocycles. The SMILES string of the molecule is CC(Cc1c(Cl)cc(Cl)cc1[N+](=O)[O-])NCC(=O)O. The molecule has 0 saturated carbocycles. The summed E-state index contributed by atoms with van der Waals surface area (Å²) in [5, 5.41) is 22.6. The number of benzene rings is 1. The van der Waals surface area contributed by atoms with Gasteiger partial charge in [0.2, 0.25) is 0 Å². The lowest BCUT2D eigenvalue weighted by atomic mass is 10.0. The predicted octanol–water partition coefficient (Wildman–Crippen LogP) is 2.51. The van der Waals surface area contributed by atoms with E-state index in [2.05, 4.69) is 5.32 Å². The highest BCUT2D eigenvalue weighted by Crippen LogP contribution is 2.31. The van der Waals surface area contributed by atoms with Gasteiger partial charge in [0.05, 0.1) is 22.1 Å². The van der Waals surface area contributed by atoms with E-state index in [1.165, 1.54) is 12.1 Å². The molecule has 2 N–H and O–H groups in total. The average molecular weight is 307 g/mol. The summed E-state index contributed by atoms with van der Waals surface area (Å²) in [6, 6.07) is 2.38. The van der Waals surface area contributed by atoms with Gasteiger partial charge in [-0.05, 0) is 19.4 Å². The molecular formula is C11H12Cl2N2O4. The number of carbonyl (C=O) groups is 1. The fourth-order valence-corrected chi connectivity index (χ4v) is 2.15. The van der Waals surface area contributed by atoms with Gasteiger partial charge in [0, 0.05) is 17.1 Å². The van der Waals surface area contributed by atoms with Crippen molar-refractivity contribution in [2.45, 2.75) is 19.4 Å². The van der Waals surface area contributed by atoms with Crippen LogP contribution in [0.2, 0.25) is 10.0 Å². The zero-order chi connectivity index (χ0) is 14.6. The highest BCUT2D eigenvalue weighted by atomic mass is 35.5. The van der Waals surface area contributed by atoms with E-state index < -0.39 is 10.9 Å². The second-order valence-electron chi connectivity index (χ2n) is 4.02. The normalized spacial score (nSPS) is 12.2. The molecule has 8 heteroatoms. The van der Waals surface area contributed by atoms with Gasteiger partial charge in [-0.25, -0.2) is 0 Å². The Labute approximate surface area is 119 Å². The van der Waals surface area contributed by atoms with Crippen LogP contribution in [0.1, 0.15) is 12.5 Å². The van der Waals surface area contributed by atoms with Crippen molar-refractivity contribution in [3.05, 3.63) is 37.9 Å². The molecule has 1 unspecified atom stereocenters. The van der Waals surface area contributed by atoms with Gasteiger partial charge in [0.25, 0.3) is 5.69 Å². The molecule has 0 aliphatic rings. The summed E-state index contributed by atoms with van der Waals surface area (Å²) in [7, 11) is 0. The maximum Gasteiger partial charge on any atom is 0.317 e. The molecule has 0 heterocycles. The minimum Gasteiger partial charge on any atom is -0.480 e. The zero-order valence-corrected chi connectivity index (χ0v) is 11.5. The summed E-state index contributed by atoms with van der Waals surface area (Å²) >= 11 is 11.7. The fraction of sp³-hybridized carbons (Fsp3) is 0.364. The van der Waals surface area contributed by atoms with Gasteiger partial charge in [0.1, 0.15) is 0 Å². The van der Waals surface area contributed by atoms with Gasteiger partial charge in [-0.2, -0.15) is 0 Å². The van der Waals surface area contributed by atoms with Gasteiger partial charge < -0.3 is 10.4 Å². The van der Waals surface area contributed by atoms with Crippen LogP contribution in [-0.4, -0.2) is 28.6 Å². The third-order valence-electron chi connectivity index (χ3n) is 2.45. The molecule has 0 amide bonds. The molecule has 1 aromatic carbocycles. The van der Waals surface area contributed by atoms with Crippen molar-refractivity contribution < 1.29 is 14.8 Å². The van der Waals surface area contributed by atoms with Crippen molar-refractivity contribution in [2.75, 3.05) is 6.54 Å². The van der Waals surface area contributed by atoms with Crippen molar-refractivity contribution in [1.82, 2.24) is 5.32 Å². The van der Waals surface area contributed by atoms with Crippen LogP contribution in [-0.2, 0) is 11.2 Å². The number of carboxylic acid groups (broad SMARTS) is 1. The van der Waals surface area contributed by atoms with Crippen LogP contribution in [0.3, 0.4) is 0 Å². The molecule has 0 spiro atoms. The van der Waals surface area contributed by atoms with Crippen LogP contribution in [0.5, 0.6) is 0 Å². The quantitative estimate of drug-likeness (QED) is 0.622. The number of rotatable bonds is 6. The van der Waals surface area contributed by atoms with Crippen LogP contribution in [0.4, 0.5) is 5.69 Å². The van der Waals surface area contributed by atoms with Gasteiger partial charge in [-0.1, -0.05) is 23.2 Å². The zero-order valence-electron chi connectivity index (χ0n) is 10.0. The number of halogens is 2. The summed E-state index contributed by atoms with van der Waals surface area (Å²) in [5.41, 5.74) is 0.169. The fourth-order valence-electron chi connectivity index (χ4n) is 1.59. The predicted molar refractivity (Wildman–Crippen MR) is 71.9 cm³/mol. The smallest absolute Gasteiger partial charge is 0.317 e. The van der Waals surface area contributed by atoms with Crippen LogP contribution in [0.15, 0.2) is 12.1 Å². The lowest BCUT2D eigenvalue weighted by Crippen LogP contribution is -2.33. The van der Waals surface area contributed by atoms with E-state index in [0.29, 0.717) is 5.56 Å². The van der Waals surface area contributed by atoms with Gasteiger partial charge in [0.15, 0.2) is 0 Å². The van der Waals surface area contributed by atoms with Crippen LogP contribution < -0.4 is 5.32 Å². The molecule has 1 rings (SSSR count). The number of hydrogen-bond acceptors (Lipinski definition) is 4. The van der Waals surface area contributed by atoms with E-state index in [4.69, 9.17) is 28.3 Å². The molecule has 0 aromatic heterocycles. The minimum absolute atomic E-state index is 0.165. The van der Waals surface area contributed by atoms with Crippen molar-refractivity contribution in [3.63, 3.8) is 0 Å². The maximum atomic E-state index is 10.9. The van der Waals surface area contributed by atoms with E-state index in [1.54, 1.807) is 6.92 Å². The lowest BCUT2D eigenvalue weighted by molar-refractivity contribution is -0.385. The molecule has 104 valence electrons.